The zero-order valence-electron chi connectivity index (χ0n) is 16.6. The molecule has 1 aliphatic carbocycles. The first-order chi connectivity index (χ1) is 14.6. The Balaban J connectivity index is 2.00. The number of benzene rings is 4. The first kappa shape index (κ1) is 18.1. The van der Waals surface area contributed by atoms with Gasteiger partial charge in [-0.2, -0.15) is 0 Å². The van der Waals surface area contributed by atoms with E-state index in [0.717, 1.165) is 38.4 Å². The fourth-order valence-corrected chi connectivity index (χ4v) is 4.06. The van der Waals surface area contributed by atoms with Crippen LogP contribution in [-0.2, 0) is 4.74 Å². The van der Waals surface area contributed by atoms with Gasteiger partial charge in [0.05, 0.1) is 12.7 Å². The van der Waals surface area contributed by atoms with Gasteiger partial charge in [0.1, 0.15) is 11.3 Å². The highest BCUT2D eigenvalue weighted by Gasteiger charge is 2.22. The van der Waals surface area contributed by atoms with Crippen LogP contribution < -0.4 is 5.43 Å². The fraction of sp³-hybridized carbons (Fsp3) is 0.0769. The molecule has 1 heterocycles. The molecule has 4 nitrogen and oxygen atoms in total. The largest absolute Gasteiger partial charge is 0.465 e. The summed E-state index contributed by atoms with van der Waals surface area (Å²) in [6.07, 6.45) is 0. The molecule has 5 rings (SSSR count). The molecule has 0 saturated heterocycles. The van der Waals surface area contributed by atoms with E-state index in [2.05, 4.69) is 12.1 Å². The van der Waals surface area contributed by atoms with E-state index in [1.165, 1.54) is 19.2 Å². The monoisotopic (exact) mass is 394 g/mol. The van der Waals surface area contributed by atoms with Crippen LogP contribution >= 0.6 is 0 Å². The van der Waals surface area contributed by atoms with Gasteiger partial charge in [0.15, 0.2) is 5.43 Å². The lowest BCUT2D eigenvalue weighted by Gasteiger charge is -2.18. The molecule has 3 aromatic rings. The summed E-state index contributed by atoms with van der Waals surface area (Å²) < 4.78 is 11.3. The smallest absolute Gasteiger partial charge is 0.338 e. The molecule has 2 aliphatic rings. The van der Waals surface area contributed by atoms with Crippen LogP contribution in [0.15, 0.2) is 82.0 Å². The lowest BCUT2D eigenvalue weighted by Crippen LogP contribution is -2.05. The molecule has 0 N–H and O–H groups in total. The minimum absolute atomic E-state index is 0.131. The van der Waals surface area contributed by atoms with Crippen molar-refractivity contribution >= 4 is 27.7 Å². The number of carbonyl (C=O) groups is 1. The summed E-state index contributed by atoms with van der Waals surface area (Å²) in [5.74, 6) is 0.0716. The molecular weight excluding hydrogens is 376 g/mol. The van der Waals surface area contributed by atoms with Gasteiger partial charge >= 0.3 is 5.97 Å². The second kappa shape index (κ2) is 6.85. The van der Waals surface area contributed by atoms with Crippen LogP contribution in [0.25, 0.3) is 44.2 Å². The van der Waals surface area contributed by atoms with Crippen molar-refractivity contribution in [1.29, 1.82) is 0 Å². The van der Waals surface area contributed by atoms with Gasteiger partial charge in [0, 0.05) is 28.0 Å². The van der Waals surface area contributed by atoms with E-state index in [4.69, 9.17) is 9.15 Å². The normalized spacial score (nSPS) is 11.3. The van der Waals surface area contributed by atoms with Crippen LogP contribution in [0.3, 0.4) is 0 Å². The van der Waals surface area contributed by atoms with Crippen LogP contribution in [0, 0.1) is 6.92 Å². The number of hydrogen-bond donors (Lipinski definition) is 0. The maximum Gasteiger partial charge on any atom is 0.338 e. The number of aryl methyl sites for hydroxylation is 1. The van der Waals surface area contributed by atoms with E-state index in [1.807, 2.05) is 37.3 Å². The van der Waals surface area contributed by atoms with Crippen molar-refractivity contribution in [2.75, 3.05) is 7.11 Å². The first-order valence-electron chi connectivity index (χ1n) is 9.64. The summed E-state index contributed by atoms with van der Waals surface area (Å²) >= 11 is 0. The van der Waals surface area contributed by atoms with Gasteiger partial charge in [-0.25, -0.2) is 4.79 Å². The Kier molecular flexibility index (Phi) is 4.14. The van der Waals surface area contributed by atoms with E-state index < -0.39 is 5.97 Å². The van der Waals surface area contributed by atoms with Gasteiger partial charge in [-0.1, -0.05) is 48.0 Å². The number of esters is 1. The van der Waals surface area contributed by atoms with Crippen molar-refractivity contribution in [1.82, 2.24) is 0 Å². The lowest BCUT2D eigenvalue weighted by atomic mass is 9.89. The van der Waals surface area contributed by atoms with Gasteiger partial charge in [-0.15, -0.1) is 0 Å². The van der Waals surface area contributed by atoms with Crippen LogP contribution in [0.1, 0.15) is 15.9 Å². The van der Waals surface area contributed by atoms with Crippen LogP contribution in [0.4, 0.5) is 0 Å². The summed E-state index contributed by atoms with van der Waals surface area (Å²) in [7, 11) is 1.37. The van der Waals surface area contributed by atoms with Gasteiger partial charge < -0.3 is 9.15 Å². The van der Waals surface area contributed by atoms with E-state index in [9.17, 15) is 9.59 Å². The van der Waals surface area contributed by atoms with Crippen molar-refractivity contribution in [2.24, 2.45) is 0 Å². The van der Waals surface area contributed by atoms with Gasteiger partial charge in [0.25, 0.3) is 0 Å². The Morgan fingerprint density at radius 3 is 2.50 bits per heavy atom. The summed E-state index contributed by atoms with van der Waals surface area (Å²) in [5, 5.41) is 2.87. The molecule has 0 amide bonds. The Hall–Kier alpha value is -3.92. The number of ether oxygens (including phenoxy) is 1. The molecular formula is C26H18O4. The Labute approximate surface area is 172 Å². The standard InChI is InChI=1S/C26H18O4/c1-15-7-10-18-16(13-15)8-11-22-24(19-5-3-4-6-20(19)26(28)29-2)21-12-9-17(27)14-23(21)30-25(18)22/h3-14H,1-2H3. The topological polar surface area (TPSA) is 56.5 Å². The summed E-state index contributed by atoms with van der Waals surface area (Å²) in [4.78, 5) is 24.6. The number of carbonyl (C=O) groups excluding carboxylic acids is 1. The summed E-state index contributed by atoms with van der Waals surface area (Å²) in [5.41, 5.74) is 4.51. The third kappa shape index (κ3) is 2.77. The third-order valence-corrected chi connectivity index (χ3v) is 5.43. The molecule has 0 saturated carbocycles. The molecule has 0 radical (unpaired) electrons. The molecule has 0 bridgehead atoms. The minimum Gasteiger partial charge on any atom is -0.465 e. The number of hydrogen-bond acceptors (Lipinski definition) is 4. The molecule has 1 aliphatic heterocycles. The van der Waals surface area contributed by atoms with Crippen molar-refractivity contribution in [2.45, 2.75) is 6.92 Å². The fourth-order valence-electron chi connectivity index (χ4n) is 4.06. The van der Waals surface area contributed by atoms with Crippen molar-refractivity contribution in [3.63, 3.8) is 0 Å². The van der Waals surface area contributed by atoms with Gasteiger partial charge in [0.2, 0.25) is 0 Å². The van der Waals surface area contributed by atoms with E-state index in [-0.39, 0.29) is 5.43 Å². The molecule has 3 aromatic carbocycles. The second-order valence-corrected chi connectivity index (χ2v) is 7.34. The molecule has 0 aromatic heterocycles. The highest BCUT2D eigenvalue weighted by molar-refractivity contribution is 6.14. The van der Waals surface area contributed by atoms with Crippen LogP contribution in [-0.4, -0.2) is 13.1 Å². The number of fused-ring (bicyclic) bond motifs is 4. The van der Waals surface area contributed by atoms with Crippen molar-refractivity contribution in [3.8, 4) is 22.5 Å². The maximum absolute atomic E-state index is 12.5. The molecule has 0 unspecified atom stereocenters. The summed E-state index contributed by atoms with van der Waals surface area (Å²) in [6, 6.07) is 22.3. The quantitative estimate of drug-likeness (QED) is 0.215. The molecule has 0 atom stereocenters. The lowest BCUT2D eigenvalue weighted by molar-refractivity contribution is 0.0601. The molecule has 4 heteroatoms. The molecule has 0 spiro atoms. The molecule has 30 heavy (non-hydrogen) atoms. The zero-order chi connectivity index (χ0) is 20.8. The van der Waals surface area contributed by atoms with E-state index >= 15 is 0 Å². The Morgan fingerprint density at radius 2 is 1.67 bits per heavy atom. The predicted octanol–water partition coefficient (Wildman–Crippen LogP) is 5.81. The van der Waals surface area contributed by atoms with Crippen molar-refractivity contribution in [3.05, 3.63) is 94.1 Å². The van der Waals surface area contributed by atoms with E-state index in [1.54, 1.807) is 18.2 Å². The minimum atomic E-state index is -0.412. The van der Waals surface area contributed by atoms with Crippen molar-refractivity contribution < 1.29 is 13.9 Å². The van der Waals surface area contributed by atoms with Crippen LogP contribution in [0.5, 0.6) is 0 Å². The second-order valence-electron chi connectivity index (χ2n) is 7.34. The Morgan fingerprint density at radius 1 is 0.867 bits per heavy atom. The third-order valence-electron chi connectivity index (χ3n) is 5.43. The molecule has 0 fully saturated rings. The average Bonchev–Trinajstić information content (AvgIpc) is 2.76. The van der Waals surface area contributed by atoms with E-state index in [0.29, 0.717) is 16.9 Å². The average molecular weight is 394 g/mol. The number of methoxy groups -OCH3 is 1. The predicted molar refractivity (Wildman–Crippen MR) is 118 cm³/mol. The Bertz CT molecular complexity index is 1480. The number of rotatable bonds is 2. The zero-order valence-corrected chi connectivity index (χ0v) is 16.6. The molecule has 146 valence electrons. The first-order valence-corrected chi connectivity index (χ1v) is 9.64. The van der Waals surface area contributed by atoms with Gasteiger partial charge in [-0.05, 0) is 42.1 Å². The highest BCUT2D eigenvalue weighted by atomic mass is 16.5. The highest BCUT2D eigenvalue weighted by Crippen LogP contribution is 2.43. The van der Waals surface area contributed by atoms with Gasteiger partial charge in [-0.3, -0.25) is 4.79 Å². The maximum atomic E-state index is 12.5. The summed E-state index contributed by atoms with van der Waals surface area (Å²) in [6.45, 7) is 2.04. The SMILES string of the molecule is COC(=O)c1ccccc1-c1c2ccc(=O)cc-2oc2c1ccc1cc(C)ccc12. The van der Waals surface area contributed by atoms with Crippen LogP contribution in [0.2, 0.25) is 0 Å².